The number of sulfonamides is 1. The fourth-order valence-electron chi connectivity index (χ4n) is 2.40. The molecule has 0 aliphatic rings. The van der Waals surface area contributed by atoms with E-state index in [1.165, 1.54) is 18.2 Å². The minimum absolute atomic E-state index is 0.213. The van der Waals surface area contributed by atoms with Gasteiger partial charge in [0.05, 0.1) is 12.0 Å². The van der Waals surface area contributed by atoms with E-state index in [-0.39, 0.29) is 10.7 Å². The van der Waals surface area contributed by atoms with E-state index < -0.39 is 16.1 Å². The second-order valence-electron chi connectivity index (χ2n) is 5.41. The number of hydrogen-bond acceptors (Lipinski definition) is 3. The van der Waals surface area contributed by atoms with E-state index in [1.807, 2.05) is 6.92 Å². The van der Waals surface area contributed by atoms with Crippen LogP contribution in [0.2, 0.25) is 0 Å². The summed E-state index contributed by atoms with van der Waals surface area (Å²) in [6, 6.07) is 8.44. The number of nitrogens with one attached hydrogen (secondary N) is 1. The van der Waals surface area contributed by atoms with Crippen molar-refractivity contribution in [2.75, 3.05) is 7.11 Å². The Kier molecular flexibility index (Phi) is 5.06. The van der Waals surface area contributed by atoms with Gasteiger partial charge in [-0.05, 0) is 61.7 Å². The van der Waals surface area contributed by atoms with Crippen molar-refractivity contribution in [1.29, 1.82) is 0 Å². The van der Waals surface area contributed by atoms with Crippen molar-refractivity contribution in [2.24, 2.45) is 0 Å². The van der Waals surface area contributed by atoms with Crippen LogP contribution in [-0.2, 0) is 10.0 Å². The first-order valence-corrected chi connectivity index (χ1v) is 8.66. The third-order valence-corrected chi connectivity index (χ3v) is 5.58. The van der Waals surface area contributed by atoms with Crippen molar-refractivity contribution < 1.29 is 17.5 Å². The molecule has 23 heavy (non-hydrogen) atoms. The lowest BCUT2D eigenvalue weighted by atomic mass is 10.1. The van der Waals surface area contributed by atoms with Crippen LogP contribution in [0.4, 0.5) is 4.39 Å². The highest BCUT2D eigenvalue weighted by atomic mass is 32.2. The largest absolute Gasteiger partial charge is 0.496 e. The summed E-state index contributed by atoms with van der Waals surface area (Å²) in [6.07, 6.45) is 0. The minimum Gasteiger partial charge on any atom is -0.496 e. The third kappa shape index (κ3) is 3.71. The van der Waals surface area contributed by atoms with E-state index in [0.29, 0.717) is 16.9 Å². The first kappa shape index (κ1) is 17.4. The Hall–Kier alpha value is -1.92. The van der Waals surface area contributed by atoms with Crippen LogP contribution < -0.4 is 9.46 Å². The molecule has 0 radical (unpaired) electrons. The van der Waals surface area contributed by atoms with Crippen LogP contribution in [0, 0.1) is 19.7 Å². The molecule has 1 N–H and O–H groups in total. The molecule has 0 aliphatic heterocycles. The highest BCUT2D eigenvalue weighted by molar-refractivity contribution is 7.89. The molecule has 4 nitrogen and oxygen atoms in total. The summed E-state index contributed by atoms with van der Waals surface area (Å²) in [5.74, 6) is 0.290. The number of hydrogen-bond donors (Lipinski definition) is 1. The van der Waals surface area contributed by atoms with E-state index in [4.69, 9.17) is 4.74 Å². The zero-order chi connectivity index (χ0) is 17.2. The average molecular weight is 337 g/mol. The van der Waals surface area contributed by atoms with Crippen LogP contribution in [0.25, 0.3) is 0 Å². The Balaban J connectivity index is 2.32. The minimum atomic E-state index is -3.70. The van der Waals surface area contributed by atoms with Crippen LogP contribution >= 0.6 is 0 Å². The number of halogens is 1. The lowest BCUT2D eigenvalue weighted by Gasteiger charge is -2.17. The molecule has 2 aromatic rings. The summed E-state index contributed by atoms with van der Waals surface area (Å²) in [4.78, 5) is 0.213. The molecule has 6 heteroatoms. The van der Waals surface area contributed by atoms with Gasteiger partial charge in [-0.1, -0.05) is 12.1 Å². The first-order valence-electron chi connectivity index (χ1n) is 7.18. The van der Waals surface area contributed by atoms with Crippen molar-refractivity contribution >= 4 is 10.0 Å². The Labute approximate surface area is 136 Å². The fraction of sp³-hybridized carbons (Fsp3) is 0.294. The Bertz CT molecular complexity index is 801. The molecule has 2 aromatic carbocycles. The van der Waals surface area contributed by atoms with E-state index in [0.717, 1.165) is 5.56 Å². The number of methoxy groups -OCH3 is 1. The number of rotatable bonds is 5. The van der Waals surface area contributed by atoms with Gasteiger partial charge in [-0.2, -0.15) is 0 Å². The SMILES string of the molecule is COc1ccc(S(=O)(=O)N[C@@H](C)c2ccc(F)cc2)c(C)c1C. The predicted molar refractivity (Wildman–Crippen MR) is 87.6 cm³/mol. The summed E-state index contributed by atoms with van der Waals surface area (Å²) in [6.45, 7) is 5.28. The topological polar surface area (TPSA) is 55.4 Å². The van der Waals surface area contributed by atoms with Gasteiger partial charge in [0, 0.05) is 6.04 Å². The lowest BCUT2D eigenvalue weighted by molar-refractivity contribution is 0.410. The zero-order valence-electron chi connectivity index (χ0n) is 13.6. The molecule has 0 bridgehead atoms. The van der Waals surface area contributed by atoms with Gasteiger partial charge in [-0.3, -0.25) is 0 Å². The fourth-order valence-corrected chi connectivity index (χ4v) is 3.93. The van der Waals surface area contributed by atoms with E-state index in [1.54, 1.807) is 39.2 Å². The monoisotopic (exact) mass is 337 g/mol. The van der Waals surface area contributed by atoms with Gasteiger partial charge in [-0.25, -0.2) is 17.5 Å². The summed E-state index contributed by atoms with van der Waals surface area (Å²) >= 11 is 0. The Morgan fingerprint density at radius 2 is 1.65 bits per heavy atom. The molecule has 0 saturated heterocycles. The molecule has 0 amide bonds. The first-order chi connectivity index (χ1) is 10.8. The maximum absolute atomic E-state index is 13.0. The predicted octanol–water partition coefficient (Wildman–Crippen LogP) is 3.49. The van der Waals surface area contributed by atoms with Crippen LogP contribution in [0.15, 0.2) is 41.3 Å². The molecule has 0 heterocycles. The average Bonchev–Trinajstić information content (AvgIpc) is 2.49. The summed E-state index contributed by atoms with van der Waals surface area (Å²) < 4.78 is 46.1. The zero-order valence-corrected chi connectivity index (χ0v) is 14.4. The summed E-state index contributed by atoms with van der Waals surface area (Å²) in [5, 5.41) is 0. The number of benzene rings is 2. The highest BCUT2D eigenvalue weighted by Gasteiger charge is 2.22. The van der Waals surface area contributed by atoms with Gasteiger partial charge in [-0.15, -0.1) is 0 Å². The Morgan fingerprint density at radius 3 is 2.22 bits per heavy atom. The van der Waals surface area contributed by atoms with Crippen molar-refractivity contribution in [3.8, 4) is 5.75 Å². The van der Waals surface area contributed by atoms with E-state index in [2.05, 4.69) is 4.72 Å². The standard InChI is InChI=1S/C17H20FNO3S/c1-11-12(2)17(10-9-16(11)22-4)23(20,21)19-13(3)14-5-7-15(18)8-6-14/h5-10,13,19H,1-4H3/t13-/m0/s1. The molecule has 1 atom stereocenters. The number of ether oxygens (including phenoxy) is 1. The molecule has 0 saturated carbocycles. The molecule has 0 unspecified atom stereocenters. The van der Waals surface area contributed by atoms with Crippen molar-refractivity contribution in [3.05, 3.63) is 58.9 Å². The van der Waals surface area contributed by atoms with E-state index >= 15 is 0 Å². The van der Waals surface area contributed by atoms with Gasteiger partial charge in [0.1, 0.15) is 11.6 Å². The van der Waals surface area contributed by atoms with Gasteiger partial charge in [0.25, 0.3) is 0 Å². The Morgan fingerprint density at radius 1 is 1.04 bits per heavy atom. The molecule has 124 valence electrons. The van der Waals surface area contributed by atoms with E-state index in [9.17, 15) is 12.8 Å². The molecule has 0 aliphatic carbocycles. The molecular formula is C17H20FNO3S. The lowest BCUT2D eigenvalue weighted by Crippen LogP contribution is -2.27. The second kappa shape index (κ2) is 6.68. The van der Waals surface area contributed by atoms with Gasteiger partial charge in [0.2, 0.25) is 10.0 Å². The van der Waals surface area contributed by atoms with Crippen LogP contribution in [0.3, 0.4) is 0 Å². The molecule has 2 rings (SSSR count). The third-order valence-electron chi connectivity index (χ3n) is 3.90. The normalized spacial score (nSPS) is 12.9. The van der Waals surface area contributed by atoms with Gasteiger partial charge in [0.15, 0.2) is 0 Å². The van der Waals surface area contributed by atoms with Crippen LogP contribution in [-0.4, -0.2) is 15.5 Å². The van der Waals surface area contributed by atoms with Crippen molar-refractivity contribution in [3.63, 3.8) is 0 Å². The maximum Gasteiger partial charge on any atom is 0.241 e. The highest BCUT2D eigenvalue weighted by Crippen LogP contribution is 2.27. The smallest absolute Gasteiger partial charge is 0.241 e. The quantitative estimate of drug-likeness (QED) is 0.908. The van der Waals surface area contributed by atoms with Crippen molar-refractivity contribution in [1.82, 2.24) is 4.72 Å². The van der Waals surface area contributed by atoms with Gasteiger partial charge < -0.3 is 4.74 Å². The molecule has 0 spiro atoms. The summed E-state index contributed by atoms with van der Waals surface area (Å²) in [7, 11) is -2.15. The molecule has 0 fully saturated rings. The molecular weight excluding hydrogens is 317 g/mol. The van der Waals surface area contributed by atoms with Crippen LogP contribution in [0.1, 0.15) is 29.7 Å². The summed E-state index contributed by atoms with van der Waals surface area (Å²) in [5.41, 5.74) is 2.12. The maximum atomic E-state index is 13.0. The molecule has 0 aromatic heterocycles. The van der Waals surface area contributed by atoms with Crippen LogP contribution in [0.5, 0.6) is 5.75 Å². The second-order valence-corrected chi connectivity index (χ2v) is 7.09. The van der Waals surface area contributed by atoms with Gasteiger partial charge >= 0.3 is 0 Å². The van der Waals surface area contributed by atoms with Crippen molar-refractivity contribution in [2.45, 2.75) is 31.7 Å².